The smallest absolute Gasteiger partial charge is 0.744 e. The first kappa shape index (κ1) is 80.9. The molecule has 6 aromatic rings. The van der Waals surface area contributed by atoms with Gasteiger partial charge in [0.2, 0.25) is 35.7 Å². The number of hydrogen-bond acceptors (Lipinski definition) is 30. The van der Waals surface area contributed by atoms with Crippen LogP contribution in [0, 0.1) is 0 Å². The minimum absolute atomic E-state index is 0. The zero-order valence-electron chi connectivity index (χ0n) is 45.3. The number of nitrogens with zero attached hydrogens (tertiary/aromatic N) is 8. The summed E-state index contributed by atoms with van der Waals surface area (Å²) in [7, 11) is -31.7. The van der Waals surface area contributed by atoms with Crippen molar-refractivity contribution < 1.29 is 255 Å². The molecule has 82 heavy (non-hydrogen) atoms. The molecule has 0 fully saturated rings. The summed E-state index contributed by atoms with van der Waals surface area (Å²) in [6, 6.07) is 9.85. The second kappa shape index (κ2) is 32.9. The molecule has 6 rings (SSSR count). The largest absolute Gasteiger partial charge is 1.00 e. The zero-order chi connectivity index (χ0) is 56.3. The predicted molar refractivity (Wildman–Crippen MR) is 262 cm³/mol. The van der Waals surface area contributed by atoms with Crippen molar-refractivity contribution >= 4 is 131 Å². The van der Waals surface area contributed by atoms with Gasteiger partial charge in [-0.1, -0.05) is 24.3 Å². The Hall–Kier alpha value is -1.10. The molecule has 0 atom stereocenters. The second-order valence-electron chi connectivity index (χ2n) is 15.3. The van der Waals surface area contributed by atoms with E-state index in [1.807, 2.05) is 0 Å². The summed E-state index contributed by atoms with van der Waals surface area (Å²) >= 11 is 0. The van der Waals surface area contributed by atoms with Gasteiger partial charge in [0, 0.05) is 37.6 Å². The zero-order valence-corrected chi connectivity index (χ0v) is 62.2. The van der Waals surface area contributed by atoms with Crippen LogP contribution in [0.5, 0.6) is 0 Å². The van der Waals surface area contributed by atoms with E-state index >= 15 is 0 Å². The maximum atomic E-state index is 12.7. The summed E-state index contributed by atoms with van der Waals surface area (Å²) in [5.74, 6) is -2.01. The van der Waals surface area contributed by atoms with Crippen molar-refractivity contribution in [2.24, 2.45) is 0 Å². The van der Waals surface area contributed by atoms with E-state index in [1.54, 1.807) is 37.5 Å². The Morgan fingerprint density at radius 1 is 0.366 bits per heavy atom. The molecule has 0 aliphatic rings. The van der Waals surface area contributed by atoms with Gasteiger partial charge in [0.15, 0.2) is 0 Å². The van der Waals surface area contributed by atoms with Crippen LogP contribution >= 0.6 is 0 Å². The van der Waals surface area contributed by atoms with E-state index < -0.39 is 125 Å². The summed E-state index contributed by atoms with van der Waals surface area (Å²) in [6.45, 7) is 7.93. The Labute approximate surface area is 605 Å². The SMILES string of the molecule is CCN(CC)c1nc(Nc2ccc(C=Cc3ccc(Nc4nc(Nc5cc(S(=O)(=O)[O-])ccc5S(=O)(=O)[O-])nc(N(CC)CC)n4)cc3S(=O)(=O)[O-])c(S(=O)(=O)[O-])c2)nc(Nc2cc(S(=O)(=O)[O-])ccc2S(=O)(=O)[O-])n1.[Na+].[Na+].[Na+].[Na+].[Na+].[Na+]. The van der Waals surface area contributed by atoms with Crippen molar-refractivity contribution in [2.75, 3.05) is 57.2 Å². The fourth-order valence-corrected chi connectivity index (χ4v) is 10.4. The summed E-state index contributed by atoms with van der Waals surface area (Å²) < 4.78 is 219. The van der Waals surface area contributed by atoms with E-state index in [0.29, 0.717) is 36.4 Å². The molecular weight excluding hydrogens is 1270 g/mol. The average molecular weight is 1310 g/mol. The van der Waals surface area contributed by atoms with E-state index in [9.17, 15) is 77.8 Å². The molecule has 0 spiro atoms. The summed E-state index contributed by atoms with van der Waals surface area (Å²) in [5, 5.41) is 10.1. The van der Waals surface area contributed by atoms with E-state index in [-0.39, 0.29) is 238 Å². The van der Waals surface area contributed by atoms with E-state index in [2.05, 4.69) is 51.2 Å². The third kappa shape index (κ3) is 21.9. The van der Waals surface area contributed by atoms with Crippen molar-refractivity contribution in [3.05, 3.63) is 83.9 Å². The first-order valence-electron chi connectivity index (χ1n) is 21.3. The molecule has 0 bridgehead atoms. The van der Waals surface area contributed by atoms with Crippen molar-refractivity contribution in [2.45, 2.75) is 57.1 Å². The minimum atomic E-state index is -5.38. The minimum Gasteiger partial charge on any atom is -0.744 e. The quantitative estimate of drug-likeness (QED) is 0.0278. The van der Waals surface area contributed by atoms with Crippen LogP contribution in [0.2, 0.25) is 0 Å². The summed E-state index contributed by atoms with van der Waals surface area (Å²) in [5.41, 5.74) is -2.42. The molecule has 0 saturated carbocycles. The van der Waals surface area contributed by atoms with Gasteiger partial charge in [-0.3, -0.25) is 0 Å². The Bertz CT molecular complexity index is 3750. The third-order valence-electron chi connectivity index (χ3n) is 10.4. The first-order chi connectivity index (χ1) is 35.2. The number of nitrogens with one attached hydrogen (secondary N) is 4. The molecular formula is C40H38N12Na6O18S6. The average Bonchev–Trinajstić information content (AvgIpc) is 3.30. The summed E-state index contributed by atoms with van der Waals surface area (Å²) in [4.78, 5) is 22.7. The van der Waals surface area contributed by atoms with Crippen LogP contribution in [0.1, 0.15) is 38.8 Å². The Kier molecular flexibility index (Phi) is 32.5. The van der Waals surface area contributed by atoms with Crippen LogP contribution in [0.25, 0.3) is 12.2 Å². The van der Waals surface area contributed by atoms with Gasteiger partial charge in [0.25, 0.3) is 0 Å². The maximum Gasteiger partial charge on any atom is 1.00 e. The van der Waals surface area contributed by atoms with Crippen LogP contribution < -0.4 is 208 Å². The molecule has 0 aliphatic carbocycles. The molecule has 0 amide bonds. The van der Waals surface area contributed by atoms with E-state index in [4.69, 9.17) is 0 Å². The molecule has 4 N–H and O–H groups in total. The van der Waals surface area contributed by atoms with Gasteiger partial charge >= 0.3 is 177 Å². The molecule has 0 unspecified atom stereocenters. The monoisotopic (exact) mass is 1300 g/mol. The molecule has 408 valence electrons. The topological polar surface area (TPSA) is 475 Å². The van der Waals surface area contributed by atoms with Gasteiger partial charge in [-0.15, -0.1) is 0 Å². The number of benzene rings is 4. The Morgan fingerprint density at radius 2 is 0.646 bits per heavy atom. The fraction of sp³-hybridized carbons (Fsp3) is 0.200. The fourth-order valence-electron chi connectivity index (χ4n) is 6.82. The molecule has 0 saturated heterocycles. The number of anilines is 10. The third-order valence-corrected chi connectivity index (χ3v) is 15.6. The van der Waals surface area contributed by atoms with Gasteiger partial charge in [0.05, 0.1) is 40.7 Å². The molecule has 30 nitrogen and oxygen atoms in total. The molecule has 42 heteroatoms. The van der Waals surface area contributed by atoms with Crippen LogP contribution in [0.15, 0.2) is 102 Å². The molecule has 0 radical (unpaired) electrons. The Morgan fingerprint density at radius 3 is 0.902 bits per heavy atom. The van der Waals surface area contributed by atoms with Crippen LogP contribution in [-0.4, -0.2) is 134 Å². The predicted octanol–water partition coefficient (Wildman–Crippen LogP) is -15.7. The first-order valence-corrected chi connectivity index (χ1v) is 29.8. The number of rotatable bonds is 22. The second-order valence-corrected chi connectivity index (χ2v) is 23.4. The van der Waals surface area contributed by atoms with Gasteiger partial charge < -0.3 is 58.4 Å². The summed E-state index contributed by atoms with van der Waals surface area (Å²) in [6.07, 6.45) is 1.99. The van der Waals surface area contributed by atoms with E-state index in [1.165, 1.54) is 12.1 Å². The normalized spacial score (nSPS) is 11.7. The van der Waals surface area contributed by atoms with Gasteiger partial charge in [-0.2, -0.15) is 29.9 Å². The molecule has 0 aliphatic heterocycles. The van der Waals surface area contributed by atoms with Gasteiger partial charge in [-0.05, 0) is 99.5 Å². The molecule has 2 aromatic heterocycles. The number of hydrogen-bond donors (Lipinski definition) is 4. The van der Waals surface area contributed by atoms with E-state index in [0.717, 1.165) is 36.4 Å². The van der Waals surface area contributed by atoms with Gasteiger partial charge in [0.1, 0.15) is 60.7 Å². The van der Waals surface area contributed by atoms with Crippen LogP contribution in [-0.2, 0) is 60.7 Å². The Balaban J connectivity index is 0.0000109. The van der Waals surface area contributed by atoms with Crippen molar-refractivity contribution in [1.29, 1.82) is 0 Å². The van der Waals surface area contributed by atoms with Gasteiger partial charge in [-0.25, -0.2) is 50.5 Å². The van der Waals surface area contributed by atoms with Crippen molar-refractivity contribution in [1.82, 2.24) is 29.9 Å². The molecule has 4 aromatic carbocycles. The number of aromatic nitrogens is 6. The van der Waals surface area contributed by atoms with Crippen LogP contribution in [0.3, 0.4) is 0 Å². The van der Waals surface area contributed by atoms with Crippen molar-refractivity contribution in [3.63, 3.8) is 0 Å². The maximum absolute atomic E-state index is 12.7. The standard InChI is InChI=1S/C40H44N12O18S6.6Na/c1-5-51(6-2)39-47-35(45-37(49-39)43-29-21-27(71(53,54)55)15-17-31(29)73(59,60)61)41-25-13-11-23(33(19-25)75(65,66)67)9-10-24-12-14-26(20-34(24)76(68,69)70)42-36-46-38(50-40(48-36)52(7-3)8-4)44-30-22-28(72(56,57)58)16-18-32(30)74(62,63)64;;;;;;/h9-22H,5-8H2,1-4H3,(H,53,54,55)(H,56,57,58)(H,59,60,61)(H,62,63,64)(H,65,66,67)(H,68,69,70)(H2,41,43,45,47,49)(H2,42,44,46,48,50);;;;;;/q;6*+1/p-6. The van der Waals surface area contributed by atoms with Crippen LogP contribution in [0.4, 0.5) is 58.4 Å². The van der Waals surface area contributed by atoms with Crippen molar-refractivity contribution in [3.8, 4) is 0 Å². The molecule has 2 heterocycles.